The van der Waals surface area contributed by atoms with Gasteiger partial charge in [-0.05, 0) is 115 Å². The van der Waals surface area contributed by atoms with E-state index in [1.54, 1.807) is 7.05 Å². The van der Waals surface area contributed by atoms with Crippen molar-refractivity contribution in [3.8, 4) is 22.3 Å². The predicted octanol–water partition coefficient (Wildman–Crippen LogP) is 12.9. The van der Waals surface area contributed by atoms with Gasteiger partial charge < -0.3 is 30.2 Å². The number of benzene rings is 4. The van der Waals surface area contributed by atoms with E-state index in [9.17, 15) is 28.8 Å². The van der Waals surface area contributed by atoms with E-state index in [0.717, 1.165) is 97.6 Å². The number of likely N-dealkylation sites (N-methyl/N-ethyl adjacent to an activating group) is 1. The first kappa shape index (κ1) is 65.7. The van der Waals surface area contributed by atoms with Gasteiger partial charge >= 0.3 is 0 Å². The zero-order valence-electron chi connectivity index (χ0n) is 50.2. The molecule has 4 aromatic rings. The van der Waals surface area contributed by atoms with Gasteiger partial charge in [-0.3, -0.25) is 28.8 Å². The van der Waals surface area contributed by atoms with Crippen LogP contribution in [0.1, 0.15) is 171 Å². The Hall–Kier alpha value is -6.14. The molecule has 81 heavy (non-hydrogen) atoms. The third-order valence-electron chi connectivity index (χ3n) is 16.9. The molecule has 2 aliphatic heterocycles. The molecule has 0 aliphatic carbocycles. The van der Waals surface area contributed by atoms with E-state index in [1.165, 1.54) is 0 Å². The summed E-state index contributed by atoms with van der Waals surface area (Å²) in [4.78, 5) is 92.0. The SMILES string of the molecule is C.CC[C@@H](C)C(=O)N[C@H](C(=O)N1CCC[C@H]1CN(Cc1cccc(-c2ccccc2)c1)C(=O)CCCCCCCCC(=O)N(Cc1cccc(-c2ccccc2)c1)C[C@@H]1CCCN1C(=O)[C@@H](CC(=O)[C@H](C)NC)C(C)(C)C)C(C)(C)C. The standard InChI is InChI=1S/C68H96N6O6.CH4/c1-11-49(2)64(78)70-63(68(7,8)9)66(80)74-41-27-37-58(74)48-72(46-52-29-25-35-56(43-52)54-32-20-17-21-33-54)62(77)39-23-15-13-12-14-22-38-61(76)71(45-51-28-24-34-55(42-51)53-30-18-16-19-31-53)47-57-36-26-40-73(57)65(79)59(67(4,5)6)44-60(75)50(3)69-10;/h16-21,24-25,28-35,42-43,49-50,57-59,63,69H,11-15,22-23,26-27,36-41,44-48H2,1-10H3,(H,70,78);1H4/t49-,50+,57+,58+,59-,63-;/m1./s1. The minimum Gasteiger partial charge on any atom is -0.344 e. The second kappa shape index (κ2) is 31.3. The number of nitrogens with zero attached hydrogens (tertiary/aromatic N) is 4. The van der Waals surface area contributed by atoms with Crippen LogP contribution in [0, 0.1) is 22.7 Å². The van der Waals surface area contributed by atoms with Gasteiger partial charge in [0.05, 0.1) is 6.04 Å². The molecule has 2 heterocycles. The van der Waals surface area contributed by atoms with Gasteiger partial charge in [-0.25, -0.2) is 0 Å². The van der Waals surface area contributed by atoms with Gasteiger partial charge in [0, 0.05) is 82.5 Å². The van der Waals surface area contributed by atoms with Crippen molar-refractivity contribution >= 4 is 35.3 Å². The molecule has 2 fully saturated rings. The molecule has 2 N–H and O–H groups in total. The van der Waals surface area contributed by atoms with Crippen molar-refractivity contribution in [1.29, 1.82) is 0 Å². The normalized spacial score (nSPS) is 16.9. The van der Waals surface area contributed by atoms with Crippen LogP contribution in [0.4, 0.5) is 0 Å². The maximum Gasteiger partial charge on any atom is 0.246 e. The van der Waals surface area contributed by atoms with Gasteiger partial charge in [-0.15, -0.1) is 0 Å². The zero-order chi connectivity index (χ0) is 58.0. The molecule has 4 aromatic carbocycles. The van der Waals surface area contributed by atoms with Crippen LogP contribution in [0.3, 0.4) is 0 Å². The molecule has 5 amide bonds. The summed E-state index contributed by atoms with van der Waals surface area (Å²) in [6.07, 6.45) is 10.1. The maximum atomic E-state index is 14.5. The monoisotopic (exact) mass is 1110 g/mol. The van der Waals surface area contributed by atoms with Gasteiger partial charge in [0.1, 0.15) is 11.8 Å². The molecule has 6 atom stereocenters. The highest BCUT2D eigenvalue weighted by atomic mass is 16.2. The lowest BCUT2D eigenvalue weighted by Crippen LogP contribution is -2.57. The largest absolute Gasteiger partial charge is 0.344 e. The van der Waals surface area contributed by atoms with Crippen molar-refractivity contribution in [3.63, 3.8) is 0 Å². The fraction of sp³-hybridized carbons (Fsp3) is 0.565. The molecule has 442 valence electrons. The van der Waals surface area contributed by atoms with Crippen molar-refractivity contribution < 1.29 is 28.8 Å². The topological polar surface area (TPSA) is 139 Å². The molecule has 0 aromatic heterocycles. The van der Waals surface area contributed by atoms with E-state index in [2.05, 4.69) is 71.3 Å². The number of nitrogens with one attached hydrogen (secondary N) is 2. The smallest absolute Gasteiger partial charge is 0.246 e. The lowest BCUT2D eigenvalue weighted by atomic mass is 9.76. The van der Waals surface area contributed by atoms with E-state index >= 15 is 0 Å². The third kappa shape index (κ3) is 19.2. The minimum atomic E-state index is -0.680. The number of hydrogen-bond donors (Lipinski definition) is 2. The summed E-state index contributed by atoms with van der Waals surface area (Å²) in [5.74, 6) is -0.698. The second-order valence-electron chi connectivity index (χ2n) is 25.2. The van der Waals surface area contributed by atoms with Crippen molar-refractivity contribution in [2.75, 3.05) is 33.2 Å². The summed E-state index contributed by atoms with van der Waals surface area (Å²) in [5.41, 5.74) is 5.55. The van der Waals surface area contributed by atoms with Crippen molar-refractivity contribution in [2.45, 2.75) is 197 Å². The van der Waals surface area contributed by atoms with E-state index in [0.29, 0.717) is 58.5 Å². The number of carbonyl (C=O) groups excluding carboxylic acids is 6. The molecule has 0 spiro atoms. The van der Waals surface area contributed by atoms with Gasteiger partial charge in [0.25, 0.3) is 0 Å². The average Bonchev–Trinajstić information content (AvgIpc) is 4.14. The first-order valence-electron chi connectivity index (χ1n) is 30.1. The number of amides is 5. The van der Waals surface area contributed by atoms with Crippen LogP contribution in [-0.2, 0) is 41.9 Å². The predicted molar refractivity (Wildman–Crippen MR) is 330 cm³/mol. The van der Waals surface area contributed by atoms with Gasteiger partial charge in [-0.1, -0.05) is 186 Å². The van der Waals surface area contributed by atoms with E-state index in [-0.39, 0.29) is 73.2 Å². The number of likely N-dealkylation sites (tertiary alicyclic amines) is 2. The Morgan fingerprint density at radius 2 is 1.01 bits per heavy atom. The van der Waals surface area contributed by atoms with Crippen molar-refractivity contribution in [1.82, 2.24) is 30.2 Å². The van der Waals surface area contributed by atoms with E-state index < -0.39 is 22.8 Å². The molecule has 0 unspecified atom stereocenters. The highest BCUT2D eigenvalue weighted by molar-refractivity contribution is 5.91. The van der Waals surface area contributed by atoms with Gasteiger partial charge in [-0.2, -0.15) is 0 Å². The second-order valence-corrected chi connectivity index (χ2v) is 25.2. The molecule has 0 saturated carbocycles. The van der Waals surface area contributed by atoms with Crippen molar-refractivity contribution in [3.05, 3.63) is 120 Å². The highest BCUT2D eigenvalue weighted by Gasteiger charge is 2.42. The molecular formula is C69H100N6O6. The van der Waals surface area contributed by atoms with E-state index in [1.807, 2.05) is 130 Å². The van der Waals surface area contributed by atoms with Gasteiger partial charge in [0.2, 0.25) is 29.5 Å². The first-order valence-corrected chi connectivity index (χ1v) is 30.1. The summed E-state index contributed by atoms with van der Waals surface area (Å²) in [7, 11) is 1.77. The number of rotatable bonds is 28. The maximum absolute atomic E-state index is 14.5. The number of Topliss-reactive ketones (excluding diaryl/α,β-unsaturated/α-hetero) is 1. The molecule has 6 rings (SSSR count). The summed E-state index contributed by atoms with van der Waals surface area (Å²) >= 11 is 0. The minimum absolute atomic E-state index is 0. The molecule has 12 nitrogen and oxygen atoms in total. The quantitative estimate of drug-likeness (QED) is 0.0540. The fourth-order valence-corrected chi connectivity index (χ4v) is 11.4. The summed E-state index contributed by atoms with van der Waals surface area (Å²) in [6.45, 7) is 20.7. The van der Waals surface area contributed by atoms with Crippen LogP contribution in [0.15, 0.2) is 109 Å². The number of carbonyl (C=O) groups is 6. The van der Waals surface area contributed by atoms with Crippen LogP contribution < -0.4 is 10.6 Å². The Labute approximate surface area is 487 Å². The molecule has 2 aliphatic rings. The summed E-state index contributed by atoms with van der Waals surface area (Å²) in [6, 6.07) is 35.9. The summed E-state index contributed by atoms with van der Waals surface area (Å²) < 4.78 is 0. The van der Waals surface area contributed by atoms with Crippen molar-refractivity contribution in [2.24, 2.45) is 22.7 Å². The zero-order valence-corrected chi connectivity index (χ0v) is 50.2. The van der Waals surface area contributed by atoms with E-state index in [4.69, 9.17) is 0 Å². The van der Waals surface area contributed by atoms with Crippen LogP contribution >= 0.6 is 0 Å². The molecule has 2 saturated heterocycles. The average molecular weight is 1110 g/mol. The summed E-state index contributed by atoms with van der Waals surface area (Å²) in [5, 5.41) is 6.15. The third-order valence-corrected chi connectivity index (χ3v) is 16.9. The molecule has 0 radical (unpaired) electrons. The molecule has 0 bridgehead atoms. The Balaban J connectivity index is 0.0000120. The Kier molecular flexibility index (Phi) is 25.4. The van der Waals surface area contributed by atoms with Crippen LogP contribution in [0.25, 0.3) is 22.3 Å². The van der Waals surface area contributed by atoms with Crippen LogP contribution in [-0.4, -0.2) is 112 Å². The van der Waals surface area contributed by atoms with Crippen LogP contribution in [0.2, 0.25) is 0 Å². The molecular weight excluding hydrogens is 1010 g/mol. The first-order chi connectivity index (χ1) is 38.2. The Morgan fingerprint density at radius 1 is 0.580 bits per heavy atom. The Morgan fingerprint density at radius 3 is 1.43 bits per heavy atom. The number of hydrogen-bond acceptors (Lipinski definition) is 7. The van der Waals surface area contributed by atoms with Crippen LogP contribution in [0.5, 0.6) is 0 Å². The number of ketones is 1. The molecule has 12 heteroatoms. The lowest BCUT2D eigenvalue weighted by Gasteiger charge is -2.37. The highest BCUT2D eigenvalue weighted by Crippen LogP contribution is 2.35. The lowest BCUT2D eigenvalue weighted by molar-refractivity contribution is -0.144. The Bertz CT molecular complexity index is 2460. The fourth-order valence-electron chi connectivity index (χ4n) is 11.4. The van der Waals surface area contributed by atoms with Gasteiger partial charge in [0.15, 0.2) is 0 Å². The number of unbranched alkanes of at least 4 members (excludes halogenated alkanes) is 5.